The van der Waals surface area contributed by atoms with Crippen LogP contribution in [-0.4, -0.2) is 19.1 Å². The second-order valence-corrected chi connectivity index (χ2v) is 5.00. The van der Waals surface area contributed by atoms with Crippen LogP contribution in [0, 0.1) is 0 Å². The van der Waals surface area contributed by atoms with Gasteiger partial charge in [-0.05, 0) is 37.5 Å². The van der Waals surface area contributed by atoms with Crippen LogP contribution in [0.15, 0.2) is 18.2 Å². The number of hydrogen-bond donors (Lipinski definition) is 1. The van der Waals surface area contributed by atoms with E-state index in [0.717, 1.165) is 29.8 Å². The fourth-order valence-electron chi connectivity index (χ4n) is 2.25. The smallest absolute Gasteiger partial charge is 0.267 e. The molecule has 4 nitrogen and oxygen atoms in total. The first-order valence-corrected chi connectivity index (χ1v) is 5.89. The van der Waals surface area contributed by atoms with Gasteiger partial charge in [-0.3, -0.25) is 4.79 Å². The summed E-state index contributed by atoms with van der Waals surface area (Å²) in [7, 11) is 1.77. The minimum absolute atomic E-state index is 0.0147. The normalized spacial score (nSPS) is 25.2. The molecule has 0 radical (unpaired) electrons. The molecule has 0 bridgehead atoms. The number of nitrogens with zero attached hydrogens (tertiary/aromatic N) is 1. The molecule has 0 saturated heterocycles. The molecule has 90 valence electrons. The SMILES string of the molecule is CC1Oc2cc(C3(N)CC3)ccc2N(C)C1=O. The third-order valence-electron chi connectivity index (χ3n) is 3.67. The molecular formula is C13H16N2O2. The Morgan fingerprint density at radius 1 is 1.47 bits per heavy atom. The molecular weight excluding hydrogens is 216 g/mol. The zero-order valence-electron chi connectivity index (χ0n) is 10.1. The lowest BCUT2D eigenvalue weighted by molar-refractivity contribution is -0.125. The summed E-state index contributed by atoms with van der Waals surface area (Å²) >= 11 is 0. The van der Waals surface area contributed by atoms with Crippen molar-refractivity contribution in [3.63, 3.8) is 0 Å². The first-order chi connectivity index (χ1) is 8.01. The maximum atomic E-state index is 11.8. The second-order valence-electron chi connectivity index (χ2n) is 5.00. The number of carbonyl (C=O) groups excluding carboxylic acids is 1. The summed E-state index contributed by atoms with van der Waals surface area (Å²) in [6.07, 6.45) is 1.63. The van der Waals surface area contributed by atoms with E-state index < -0.39 is 6.10 Å². The van der Waals surface area contributed by atoms with Crippen LogP contribution in [-0.2, 0) is 10.3 Å². The Bertz CT molecular complexity index is 494. The van der Waals surface area contributed by atoms with Crippen LogP contribution in [0.5, 0.6) is 5.75 Å². The predicted molar refractivity (Wildman–Crippen MR) is 65.0 cm³/mol. The number of amides is 1. The van der Waals surface area contributed by atoms with Crippen LogP contribution in [0.3, 0.4) is 0 Å². The van der Waals surface area contributed by atoms with Crippen molar-refractivity contribution in [2.45, 2.75) is 31.4 Å². The lowest BCUT2D eigenvalue weighted by Gasteiger charge is -2.31. The van der Waals surface area contributed by atoms with Crippen LogP contribution in [0.2, 0.25) is 0 Å². The number of fused-ring (bicyclic) bond motifs is 1. The van der Waals surface area contributed by atoms with Gasteiger partial charge in [0.05, 0.1) is 5.69 Å². The minimum Gasteiger partial charge on any atom is -0.479 e. The Morgan fingerprint density at radius 3 is 2.82 bits per heavy atom. The highest BCUT2D eigenvalue weighted by Crippen LogP contribution is 2.45. The highest BCUT2D eigenvalue weighted by atomic mass is 16.5. The van der Waals surface area contributed by atoms with Gasteiger partial charge in [0.25, 0.3) is 5.91 Å². The molecule has 17 heavy (non-hydrogen) atoms. The third-order valence-corrected chi connectivity index (χ3v) is 3.67. The molecule has 1 saturated carbocycles. The van der Waals surface area contributed by atoms with Gasteiger partial charge in [0, 0.05) is 12.6 Å². The van der Waals surface area contributed by atoms with Gasteiger partial charge >= 0.3 is 0 Å². The molecule has 0 spiro atoms. The molecule has 2 aliphatic rings. The number of anilines is 1. The van der Waals surface area contributed by atoms with E-state index in [2.05, 4.69) is 0 Å². The van der Waals surface area contributed by atoms with Crippen molar-refractivity contribution in [1.29, 1.82) is 0 Å². The summed E-state index contributed by atoms with van der Waals surface area (Å²) in [6.45, 7) is 1.77. The zero-order chi connectivity index (χ0) is 12.2. The van der Waals surface area contributed by atoms with Gasteiger partial charge in [-0.2, -0.15) is 0 Å². The van der Waals surface area contributed by atoms with Gasteiger partial charge in [0.2, 0.25) is 0 Å². The average Bonchev–Trinajstić information content (AvgIpc) is 3.05. The standard InChI is InChI=1S/C13H16N2O2/c1-8-12(16)15(2)10-4-3-9(7-11(10)17-8)13(14)5-6-13/h3-4,7-8H,5-6,14H2,1-2H3. The Labute approximate surface area is 100 Å². The van der Waals surface area contributed by atoms with E-state index in [0.29, 0.717) is 0 Å². The number of likely N-dealkylation sites (N-methyl/N-ethyl adjacent to an activating group) is 1. The van der Waals surface area contributed by atoms with Crippen LogP contribution in [0.1, 0.15) is 25.3 Å². The fraction of sp³-hybridized carbons (Fsp3) is 0.462. The molecule has 1 atom stereocenters. The number of benzene rings is 1. The molecule has 1 aromatic rings. The van der Waals surface area contributed by atoms with Crippen molar-refractivity contribution < 1.29 is 9.53 Å². The number of carbonyl (C=O) groups is 1. The topological polar surface area (TPSA) is 55.6 Å². The molecule has 1 aromatic carbocycles. The molecule has 1 heterocycles. The Morgan fingerprint density at radius 2 is 2.18 bits per heavy atom. The summed E-state index contributed by atoms with van der Waals surface area (Å²) in [5.74, 6) is 0.743. The van der Waals surface area contributed by atoms with E-state index in [1.165, 1.54) is 0 Å². The van der Waals surface area contributed by atoms with Crippen molar-refractivity contribution in [2.75, 3.05) is 11.9 Å². The number of ether oxygens (including phenoxy) is 1. The first-order valence-electron chi connectivity index (χ1n) is 5.89. The van der Waals surface area contributed by atoms with Crippen molar-refractivity contribution >= 4 is 11.6 Å². The quantitative estimate of drug-likeness (QED) is 0.795. The number of rotatable bonds is 1. The monoisotopic (exact) mass is 232 g/mol. The zero-order valence-corrected chi connectivity index (χ0v) is 10.1. The molecule has 0 aromatic heterocycles. The highest BCUT2D eigenvalue weighted by molar-refractivity contribution is 5.99. The van der Waals surface area contributed by atoms with Crippen molar-refractivity contribution in [2.24, 2.45) is 5.73 Å². The average molecular weight is 232 g/mol. The molecule has 1 fully saturated rings. The van der Waals surface area contributed by atoms with E-state index >= 15 is 0 Å². The van der Waals surface area contributed by atoms with Gasteiger partial charge in [-0.25, -0.2) is 0 Å². The summed E-state index contributed by atoms with van der Waals surface area (Å²) in [5.41, 5.74) is 7.92. The molecule has 4 heteroatoms. The van der Waals surface area contributed by atoms with E-state index in [4.69, 9.17) is 10.5 Å². The predicted octanol–water partition coefficient (Wildman–Crippen LogP) is 1.38. The van der Waals surface area contributed by atoms with Gasteiger partial charge < -0.3 is 15.4 Å². The summed E-state index contributed by atoms with van der Waals surface area (Å²) < 4.78 is 5.63. The molecule has 1 amide bonds. The lowest BCUT2D eigenvalue weighted by atomic mass is 10.0. The summed E-state index contributed by atoms with van der Waals surface area (Å²) in [5, 5.41) is 0. The Hall–Kier alpha value is -1.55. The van der Waals surface area contributed by atoms with E-state index in [9.17, 15) is 4.79 Å². The molecule has 3 rings (SSSR count). The fourth-order valence-corrected chi connectivity index (χ4v) is 2.25. The van der Waals surface area contributed by atoms with Gasteiger partial charge in [-0.15, -0.1) is 0 Å². The molecule has 1 aliphatic carbocycles. The van der Waals surface area contributed by atoms with Crippen LogP contribution < -0.4 is 15.4 Å². The third kappa shape index (κ3) is 1.52. The lowest BCUT2D eigenvalue weighted by Crippen LogP contribution is -2.42. The highest BCUT2D eigenvalue weighted by Gasteiger charge is 2.41. The maximum Gasteiger partial charge on any atom is 0.267 e. The van der Waals surface area contributed by atoms with Gasteiger partial charge in [0.15, 0.2) is 6.10 Å². The van der Waals surface area contributed by atoms with E-state index in [1.807, 2.05) is 18.2 Å². The van der Waals surface area contributed by atoms with Gasteiger partial charge in [-0.1, -0.05) is 6.07 Å². The molecule has 2 N–H and O–H groups in total. The Kier molecular flexibility index (Phi) is 2.01. The van der Waals surface area contributed by atoms with E-state index in [-0.39, 0.29) is 11.4 Å². The number of hydrogen-bond acceptors (Lipinski definition) is 3. The number of nitrogens with two attached hydrogens (primary N) is 1. The van der Waals surface area contributed by atoms with Crippen molar-refractivity contribution in [3.8, 4) is 5.75 Å². The molecule has 1 aliphatic heterocycles. The first kappa shape index (κ1) is 10.6. The van der Waals surface area contributed by atoms with Crippen LogP contribution in [0.4, 0.5) is 5.69 Å². The Balaban J connectivity index is 2.04. The van der Waals surface area contributed by atoms with Crippen LogP contribution >= 0.6 is 0 Å². The maximum absolute atomic E-state index is 11.8. The summed E-state index contributed by atoms with van der Waals surface area (Å²) in [4.78, 5) is 13.4. The van der Waals surface area contributed by atoms with E-state index in [1.54, 1.807) is 18.9 Å². The van der Waals surface area contributed by atoms with Crippen molar-refractivity contribution in [3.05, 3.63) is 23.8 Å². The molecule has 1 unspecified atom stereocenters. The second kappa shape index (κ2) is 3.23. The minimum atomic E-state index is -0.421. The van der Waals surface area contributed by atoms with Crippen LogP contribution in [0.25, 0.3) is 0 Å². The van der Waals surface area contributed by atoms with Crippen molar-refractivity contribution in [1.82, 2.24) is 0 Å². The largest absolute Gasteiger partial charge is 0.479 e. The van der Waals surface area contributed by atoms with Gasteiger partial charge in [0.1, 0.15) is 5.75 Å². The summed E-state index contributed by atoms with van der Waals surface area (Å²) in [6, 6.07) is 5.89.